The van der Waals surface area contributed by atoms with E-state index in [0.717, 1.165) is 0 Å². The quantitative estimate of drug-likeness (QED) is 0.653. The first-order valence-corrected chi connectivity index (χ1v) is 5.36. The minimum absolute atomic E-state index is 0.0385. The van der Waals surface area contributed by atoms with E-state index in [2.05, 4.69) is 9.97 Å². The average Bonchev–Trinajstić information content (AvgIpc) is 2.28. The van der Waals surface area contributed by atoms with Crippen LogP contribution < -0.4 is 5.56 Å². The van der Waals surface area contributed by atoms with E-state index in [9.17, 15) is 9.59 Å². The molecule has 2 rings (SSSR count). The standard InChI is InChI=1S/C11H9ClN2O3/c1-2-17-11(16)7-5-6-3-4-8(12)13-9(6)14-10(7)15/h3-5H,2H2,1H3,(H,13,14,15). The number of aromatic amines is 1. The van der Waals surface area contributed by atoms with Crippen LogP contribution >= 0.6 is 11.6 Å². The van der Waals surface area contributed by atoms with E-state index in [4.69, 9.17) is 16.3 Å². The van der Waals surface area contributed by atoms with E-state index in [1.807, 2.05) is 0 Å². The second-order valence-electron chi connectivity index (χ2n) is 3.30. The van der Waals surface area contributed by atoms with Gasteiger partial charge in [0.1, 0.15) is 16.4 Å². The number of hydrogen-bond acceptors (Lipinski definition) is 4. The number of nitrogens with zero attached hydrogens (tertiary/aromatic N) is 1. The molecule has 0 saturated heterocycles. The van der Waals surface area contributed by atoms with Gasteiger partial charge in [0, 0.05) is 5.39 Å². The zero-order valence-corrected chi connectivity index (χ0v) is 9.75. The Hall–Kier alpha value is -1.88. The summed E-state index contributed by atoms with van der Waals surface area (Å²) in [5.41, 5.74) is -0.232. The summed E-state index contributed by atoms with van der Waals surface area (Å²) in [6.45, 7) is 1.89. The molecule has 0 aromatic carbocycles. The Kier molecular flexibility index (Phi) is 3.10. The predicted molar refractivity (Wildman–Crippen MR) is 63.3 cm³/mol. The Morgan fingerprint density at radius 3 is 3.00 bits per heavy atom. The molecule has 0 bridgehead atoms. The maximum atomic E-state index is 11.6. The van der Waals surface area contributed by atoms with Crippen molar-refractivity contribution in [2.24, 2.45) is 0 Å². The fraction of sp³-hybridized carbons (Fsp3) is 0.182. The highest BCUT2D eigenvalue weighted by Crippen LogP contribution is 2.13. The number of carbonyl (C=O) groups excluding carboxylic acids is 1. The van der Waals surface area contributed by atoms with Crippen molar-refractivity contribution in [3.8, 4) is 0 Å². The molecule has 5 nitrogen and oxygen atoms in total. The molecule has 0 saturated carbocycles. The molecule has 0 aliphatic heterocycles. The number of nitrogens with one attached hydrogen (secondary N) is 1. The number of aromatic nitrogens is 2. The first-order valence-electron chi connectivity index (χ1n) is 4.98. The molecular formula is C11H9ClN2O3. The summed E-state index contributed by atoms with van der Waals surface area (Å²) in [4.78, 5) is 29.5. The van der Waals surface area contributed by atoms with E-state index >= 15 is 0 Å². The van der Waals surface area contributed by atoms with Crippen LogP contribution in [-0.4, -0.2) is 22.5 Å². The second-order valence-corrected chi connectivity index (χ2v) is 3.69. The van der Waals surface area contributed by atoms with Crippen molar-refractivity contribution in [2.75, 3.05) is 6.61 Å². The molecule has 2 aromatic heterocycles. The monoisotopic (exact) mass is 252 g/mol. The molecule has 0 aliphatic carbocycles. The molecular weight excluding hydrogens is 244 g/mol. The minimum Gasteiger partial charge on any atom is -0.462 e. The summed E-state index contributed by atoms with van der Waals surface area (Å²) in [7, 11) is 0. The number of carbonyl (C=O) groups is 1. The topological polar surface area (TPSA) is 72.0 Å². The highest BCUT2D eigenvalue weighted by Gasteiger charge is 2.13. The SMILES string of the molecule is CCOC(=O)c1cc2ccc(Cl)nc2[nH]c1=O. The number of hydrogen-bond donors (Lipinski definition) is 1. The third-order valence-corrected chi connectivity index (χ3v) is 2.37. The lowest BCUT2D eigenvalue weighted by Gasteiger charge is -2.02. The molecule has 0 unspecified atom stereocenters. The fourth-order valence-electron chi connectivity index (χ4n) is 1.42. The molecule has 0 radical (unpaired) electrons. The molecule has 2 aromatic rings. The number of fused-ring (bicyclic) bond motifs is 1. The van der Waals surface area contributed by atoms with Gasteiger partial charge in [0.05, 0.1) is 6.61 Å². The van der Waals surface area contributed by atoms with E-state index in [0.29, 0.717) is 11.0 Å². The first-order chi connectivity index (χ1) is 8.11. The van der Waals surface area contributed by atoms with Gasteiger partial charge in [-0.3, -0.25) is 4.79 Å². The van der Waals surface area contributed by atoms with Crippen molar-refractivity contribution in [2.45, 2.75) is 6.92 Å². The van der Waals surface area contributed by atoms with Crippen LogP contribution in [0.1, 0.15) is 17.3 Å². The fourth-order valence-corrected chi connectivity index (χ4v) is 1.57. The first kappa shape index (κ1) is 11.6. The summed E-state index contributed by atoms with van der Waals surface area (Å²) < 4.78 is 4.78. The number of ether oxygens (including phenoxy) is 1. The number of rotatable bonds is 2. The van der Waals surface area contributed by atoms with E-state index in [-0.39, 0.29) is 17.3 Å². The minimum atomic E-state index is -0.648. The molecule has 1 N–H and O–H groups in total. The third-order valence-electron chi connectivity index (χ3n) is 2.16. The van der Waals surface area contributed by atoms with Gasteiger partial charge in [-0.05, 0) is 25.1 Å². The maximum absolute atomic E-state index is 11.6. The van der Waals surface area contributed by atoms with Crippen molar-refractivity contribution in [1.29, 1.82) is 0 Å². The van der Waals surface area contributed by atoms with Gasteiger partial charge in [0.2, 0.25) is 0 Å². The number of halogens is 1. The summed E-state index contributed by atoms with van der Waals surface area (Å²) in [5.74, 6) is -0.648. The van der Waals surface area contributed by atoms with Crippen molar-refractivity contribution >= 4 is 28.6 Å². The van der Waals surface area contributed by atoms with Crippen LogP contribution in [0.2, 0.25) is 5.15 Å². The Balaban J connectivity index is 2.60. The van der Waals surface area contributed by atoms with Crippen LogP contribution in [0.4, 0.5) is 0 Å². The second kappa shape index (κ2) is 4.55. The molecule has 0 atom stereocenters. The zero-order valence-electron chi connectivity index (χ0n) is 8.99. The van der Waals surface area contributed by atoms with Crippen LogP contribution in [0.3, 0.4) is 0 Å². The van der Waals surface area contributed by atoms with Crippen molar-refractivity contribution < 1.29 is 9.53 Å². The summed E-state index contributed by atoms with van der Waals surface area (Å²) in [6.07, 6.45) is 0. The van der Waals surface area contributed by atoms with E-state index < -0.39 is 11.5 Å². The van der Waals surface area contributed by atoms with Crippen molar-refractivity contribution in [3.05, 3.63) is 39.3 Å². The van der Waals surface area contributed by atoms with Crippen LogP contribution in [0, 0.1) is 0 Å². The Morgan fingerprint density at radius 2 is 2.29 bits per heavy atom. The lowest BCUT2D eigenvalue weighted by molar-refractivity contribution is 0.0524. The smallest absolute Gasteiger partial charge is 0.343 e. The Bertz CT molecular complexity index is 636. The van der Waals surface area contributed by atoms with E-state index in [1.165, 1.54) is 6.07 Å². The third kappa shape index (κ3) is 2.29. The molecule has 6 heteroatoms. The van der Waals surface area contributed by atoms with Gasteiger partial charge in [-0.25, -0.2) is 9.78 Å². The van der Waals surface area contributed by atoms with Gasteiger partial charge in [-0.15, -0.1) is 0 Å². The molecule has 17 heavy (non-hydrogen) atoms. The number of pyridine rings is 2. The van der Waals surface area contributed by atoms with Crippen LogP contribution in [0.15, 0.2) is 23.0 Å². The highest BCUT2D eigenvalue weighted by molar-refractivity contribution is 6.29. The normalized spacial score (nSPS) is 10.5. The molecule has 0 aliphatic rings. The Labute approximate surface area is 101 Å². The largest absolute Gasteiger partial charge is 0.462 e. The van der Waals surface area contributed by atoms with Gasteiger partial charge >= 0.3 is 5.97 Å². The van der Waals surface area contributed by atoms with Crippen molar-refractivity contribution in [3.63, 3.8) is 0 Å². The van der Waals surface area contributed by atoms with Gasteiger partial charge in [-0.1, -0.05) is 11.6 Å². The summed E-state index contributed by atoms with van der Waals surface area (Å²) in [6, 6.07) is 4.69. The average molecular weight is 253 g/mol. The highest BCUT2D eigenvalue weighted by atomic mass is 35.5. The molecule has 0 fully saturated rings. The van der Waals surface area contributed by atoms with Gasteiger partial charge in [0.15, 0.2) is 0 Å². The molecule has 88 valence electrons. The molecule has 0 spiro atoms. The summed E-state index contributed by atoms with van der Waals surface area (Å²) >= 11 is 5.70. The van der Waals surface area contributed by atoms with Gasteiger partial charge < -0.3 is 9.72 Å². The van der Waals surface area contributed by atoms with Gasteiger partial charge in [-0.2, -0.15) is 0 Å². The predicted octanol–water partition coefficient (Wildman–Crippen LogP) is 1.75. The van der Waals surface area contributed by atoms with Crippen LogP contribution in [-0.2, 0) is 4.74 Å². The van der Waals surface area contributed by atoms with Crippen molar-refractivity contribution in [1.82, 2.24) is 9.97 Å². The number of H-pyrrole nitrogens is 1. The maximum Gasteiger partial charge on any atom is 0.343 e. The van der Waals surface area contributed by atoms with Gasteiger partial charge in [0.25, 0.3) is 5.56 Å². The molecule has 2 heterocycles. The number of esters is 1. The Morgan fingerprint density at radius 1 is 1.53 bits per heavy atom. The van der Waals surface area contributed by atoms with E-state index in [1.54, 1.807) is 19.1 Å². The molecule has 0 amide bonds. The summed E-state index contributed by atoms with van der Waals surface area (Å²) in [5, 5.41) is 0.897. The van der Waals surface area contributed by atoms with Crippen LogP contribution in [0.25, 0.3) is 11.0 Å². The lowest BCUT2D eigenvalue weighted by atomic mass is 10.2. The van der Waals surface area contributed by atoms with Crippen LogP contribution in [0.5, 0.6) is 0 Å². The lowest BCUT2D eigenvalue weighted by Crippen LogP contribution is -2.19. The zero-order chi connectivity index (χ0) is 12.4.